The number of halogens is 2. The summed E-state index contributed by atoms with van der Waals surface area (Å²) in [5.41, 5.74) is 2.94. The van der Waals surface area contributed by atoms with Gasteiger partial charge in [0.05, 0.1) is 0 Å². The zero-order valence-electron chi connectivity index (χ0n) is 20.3. The van der Waals surface area contributed by atoms with E-state index in [1.807, 2.05) is 0 Å². The van der Waals surface area contributed by atoms with Gasteiger partial charge in [0.2, 0.25) is 0 Å². The minimum atomic E-state index is 0. The summed E-state index contributed by atoms with van der Waals surface area (Å²) < 4.78 is 1.51. The molecule has 0 N–H and O–H groups in total. The summed E-state index contributed by atoms with van der Waals surface area (Å²) >= 11 is 1.55. The van der Waals surface area contributed by atoms with Crippen molar-refractivity contribution in [3.05, 3.63) is 83.9 Å². The van der Waals surface area contributed by atoms with Gasteiger partial charge in [-0.2, -0.15) is 12.1 Å². The van der Waals surface area contributed by atoms with Gasteiger partial charge in [0.1, 0.15) is 0 Å². The van der Waals surface area contributed by atoms with E-state index in [4.69, 9.17) is 0 Å². The van der Waals surface area contributed by atoms with Crippen molar-refractivity contribution in [2.75, 3.05) is 0 Å². The third kappa shape index (κ3) is 11.2. The Labute approximate surface area is 222 Å². The summed E-state index contributed by atoms with van der Waals surface area (Å²) in [5.74, 6) is 1.49. The Morgan fingerprint density at radius 1 is 0.688 bits per heavy atom. The van der Waals surface area contributed by atoms with Gasteiger partial charge in [0.15, 0.2) is 0 Å². The molecule has 32 heavy (non-hydrogen) atoms. The topological polar surface area (TPSA) is 0 Å². The predicted octanol–water partition coefficient (Wildman–Crippen LogP) is 2.27. The molecule has 0 unspecified atom stereocenters. The molecule has 0 aliphatic carbocycles. The fourth-order valence-corrected chi connectivity index (χ4v) is 3.61. The van der Waals surface area contributed by atoms with Crippen LogP contribution in [0.3, 0.4) is 0 Å². The molecule has 0 bridgehead atoms. The number of fused-ring (bicyclic) bond motifs is 2. The molecule has 0 nitrogen and oxygen atoms in total. The first kappa shape index (κ1) is 31.0. The molecule has 4 aromatic rings. The van der Waals surface area contributed by atoms with Crippen molar-refractivity contribution in [3.63, 3.8) is 0 Å². The van der Waals surface area contributed by atoms with Crippen LogP contribution in [0, 0.1) is 11.8 Å². The standard InChI is InChI=1S/2C13H15.C3H6.2ClH.Zr/c2*1-10(2)7-11-8-12-5-3-4-6-13(12)9-11;1-3-2;;;/h2*3-6,8-10H,7H2,1-2H3;1-2H3;2*1H;/q2*-1;;;;+2/p-2. The molecular formula is C29H36Cl2Zr-2. The van der Waals surface area contributed by atoms with Crippen LogP contribution in [0.1, 0.15) is 52.7 Å². The summed E-state index contributed by atoms with van der Waals surface area (Å²) in [5, 5.41) is 5.49. The Hall–Kier alpha value is -1.01. The van der Waals surface area contributed by atoms with Gasteiger partial charge in [-0.05, 0) is 24.7 Å². The summed E-state index contributed by atoms with van der Waals surface area (Å²) in [6.07, 6.45) is 2.38. The smallest absolute Gasteiger partial charge is 1.00 e. The van der Waals surface area contributed by atoms with E-state index in [-0.39, 0.29) is 24.8 Å². The second-order valence-corrected chi connectivity index (χ2v) is 11.6. The fourth-order valence-electron chi connectivity index (χ4n) is 3.61. The van der Waals surface area contributed by atoms with Gasteiger partial charge in [-0.1, -0.05) is 39.8 Å². The minimum absolute atomic E-state index is 0. The average molecular weight is 547 g/mol. The minimum Gasteiger partial charge on any atom is -1.00 e. The molecule has 0 heterocycles. The first-order valence-corrected chi connectivity index (χ1v) is 12.3. The van der Waals surface area contributed by atoms with E-state index in [1.54, 1.807) is 24.2 Å². The Morgan fingerprint density at radius 2 is 1.00 bits per heavy atom. The van der Waals surface area contributed by atoms with Crippen molar-refractivity contribution in [1.82, 2.24) is 0 Å². The molecule has 4 aromatic carbocycles. The van der Waals surface area contributed by atoms with Crippen molar-refractivity contribution in [2.24, 2.45) is 11.8 Å². The van der Waals surface area contributed by atoms with Crippen LogP contribution in [-0.2, 0) is 37.1 Å². The first-order valence-electron chi connectivity index (χ1n) is 11.0. The zero-order chi connectivity index (χ0) is 22.1. The predicted molar refractivity (Wildman–Crippen MR) is 133 cm³/mol. The number of hydrogen-bond donors (Lipinski definition) is 0. The normalized spacial score (nSPS) is 10.1. The van der Waals surface area contributed by atoms with E-state index in [0.29, 0.717) is 0 Å². The Kier molecular flexibility index (Phi) is 15.3. The Balaban J connectivity index is 0.000000490. The summed E-state index contributed by atoms with van der Waals surface area (Å²) in [6, 6.07) is 26.3. The maximum Gasteiger partial charge on any atom is -1.00 e. The molecule has 3 heteroatoms. The van der Waals surface area contributed by atoms with Crippen LogP contribution in [0.4, 0.5) is 0 Å². The molecule has 0 aromatic heterocycles. The summed E-state index contributed by atoms with van der Waals surface area (Å²) in [4.78, 5) is 0. The van der Waals surface area contributed by atoms with Gasteiger partial charge >= 0.3 is 41.3 Å². The molecule has 4 rings (SSSR count). The van der Waals surface area contributed by atoms with Gasteiger partial charge in [-0.3, -0.25) is 0 Å². The van der Waals surface area contributed by atoms with E-state index in [2.05, 4.69) is 114 Å². The van der Waals surface area contributed by atoms with Crippen molar-refractivity contribution in [1.29, 1.82) is 0 Å². The molecule has 0 aliphatic heterocycles. The van der Waals surface area contributed by atoms with Crippen molar-refractivity contribution in [2.45, 2.75) is 54.4 Å². The van der Waals surface area contributed by atoms with Crippen LogP contribution in [0.25, 0.3) is 21.5 Å². The quantitative estimate of drug-likeness (QED) is 0.345. The van der Waals surface area contributed by atoms with Crippen LogP contribution in [0.5, 0.6) is 0 Å². The van der Waals surface area contributed by atoms with Gasteiger partial charge in [-0.25, -0.2) is 0 Å². The van der Waals surface area contributed by atoms with Crippen molar-refractivity contribution >= 4 is 24.8 Å². The second-order valence-electron chi connectivity index (χ2n) is 9.18. The van der Waals surface area contributed by atoms with Crippen molar-refractivity contribution < 1.29 is 49.0 Å². The molecular weight excluding hydrogens is 510 g/mol. The molecule has 172 valence electrons. The number of hydrogen-bond acceptors (Lipinski definition) is 0. The average Bonchev–Trinajstić information content (AvgIpc) is 3.22. The molecule has 0 fully saturated rings. The largest absolute Gasteiger partial charge is 1.00 e. The maximum atomic E-state index is 2.30. The van der Waals surface area contributed by atoms with Crippen LogP contribution in [0.15, 0.2) is 72.8 Å². The molecule has 0 aliphatic rings. The van der Waals surface area contributed by atoms with Crippen LogP contribution >= 0.6 is 0 Å². The fraction of sp³-hybridized carbons (Fsp3) is 0.345. The number of rotatable bonds is 4. The van der Waals surface area contributed by atoms with E-state index >= 15 is 0 Å². The monoisotopic (exact) mass is 544 g/mol. The number of benzene rings is 2. The third-order valence-corrected chi connectivity index (χ3v) is 4.64. The van der Waals surface area contributed by atoms with E-state index in [9.17, 15) is 0 Å². The maximum absolute atomic E-state index is 2.30. The molecule has 0 saturated heterocycles. The van der Waals surface area contributed by atoms with E-state index in [1.165, 1.54) is 48.7 Å². The summed E-state index contributed by atoms with van der Waals surface area (Å²) in [6.45, 7) is 13.3. The third-order valence-electron chi connectivity index (χ3n) is 4.64. The van der Waals surface area contributed by atoms with E-state index in [0.717, 1.165) is 11.8 Å². The zero-order valence-corrected chi connectivity index (χ0v) is 24.2. The van der Waals surface area contributed by atoms with Gasteiger partial charge < -0.3 is 24.8 Å². The summed E-state index contributed by atoms with van der Waals surface area (Å²) in [7, 11) is 0. The van der Waals surface area contributed by atoms with Crippen LogP contribution in [0.2, 0.25) is 0 Å². The second kappa shape index (κ2) is 15.8. The van der Waals surface area contributed by atoms with Crippen molar-refractivity contribution in [3.8, 4) is 0 Å². The Morgan fingerprint density at radius 3 is 1.28 bits per heavy atom. The van der Waals surface area contributed by atoms with Gasteiger partial charge in [-0.15, -0.1) is 81.2 Å². The van der Waals surface area contributed by atoms with Gasteiger partial charge in [0.25, 0.3) is 0 Å². The van der Waals surface area contributed by atoms with Crippen LogP contribution < -0.4 is 24.8 Å². The van der Waals surface area contributed by atoms with E-state index < -0.39 is 0 Å². The first-order chi connectivity index (χ1) is 14.2. The molecule has 0 saturated carbocycles. The van der Waals surface area contributed by atoms with Gasteiger partial charge in [0, 0.05) is 0 Å². The SMILES string of the molecule is CC(C)Cc1cc2ccccc2[cH-]1.CC(C)Cc1cc2ccccc2[cH-]1.C[C](C)=[Zr+2].[Cl-].[Cl-]. The van der Waals surface area contributed by atoms with Crippen LogP contribution in [-0.4, -0.2) is 3.21 Å². The Bertz CT molecular complexity index is 903. The molecule has 0 amide bonds. The molecule has 0 spiro atoms. The molecule has 0 atom stereocenters. The molecule has 0 radical (unpaired) electrons.